The van der Waals surface area contributed by atoms with Gasteiger partial charge in [-0.2, -0.15) is 0 Å². The predicted molar refractivity (Wildman–Crippen MR) is 84.0 cm³/mol. The average Bonchev–Trinajstić information content (AvgIpc) is 2.79. The number of benzene rings is 1. The van der Waals surface area contributed by atoms with Gasteiger partial charge in [-0.15, -0.1) is 0 Å². The van der Waals surface area contributed by atoms with E-state index < -0.39 is 23.5 Å². The van der Waals surface area contributed by atoms with E-state index in [1.807, 2.05) is 0 Å². The first-order chi connectivity index (χ1) is 11.5. The van der Waals surface area contributed by atoms with Crippen LogP contribution in [-0.2, 0) is 4.79 Å². The number of urea groups is 1. The molecule has 0 aromatic heterocycles. The second-order valence-corrected chi connectivity index (χ2v) is 6.38. The topological polar surface area (TPSA) is 78.9 Å². The number of nitrogens with one attached hydrogen (secondary N) is 1. The van der Waals surface area contributed by atoms with Gasteiger partial charge in [-0.05, 0) is 25.0 Å². The highest BCUT2D eigenvalue weighted by molar-refractivity contribution is 6.07. The summed E-state index contributed by atoms with van der Waals surface area (Å²) in [6.07, 6.45) is 3.05. The molecule has 2 N–H and O–H groups in total. The normalized spacial score (nSPS) is 21.0. The number of imide groups is 1. The van der Waals surface area contributed by atoms with Gasteiger partial charge in [0.2, 0.25) is 0 Å². The largest absolute Gasteiger partial charge is 0.488 e. The molecule has 1 aromatic rings. The maximum Gasteiger partial charge on any atom is 0.325 e. The van der Waals surface area contributed by atoms with Crippen LogP contribution in [0, 0.1) is 5.82 Å². The summed E-state index contributed by atoms with van der Waals surface area (Å²) < 4.78 is 18.7. The van der Waals surface area contributed by atoms with E-state index in [1.54, 1.807) is 6.07 Å². The van der Waals surface area contributed by atoms with Gasteiger partial charge in [-0.25, -0.2) is 9.18 Å². The molecule has 1 atom stereocenters. The van der Waals surface area contributed by atoms with E-state index in [4.69, 9.17) is 4.74 Å². The summed E-state index contributed by atoms with van der Waals surface area (Å²) in [7, 11) is 0. The Morgan fingerprint density at radius 1 is 1.25 bits per heavy atom. The minimum Gasteiger partial charge on any atom is -0.488 e. The highest BCUT2D eigenvalue weighted by atomic mass is 19.1. The van der Waals surface area contributed by atoms with Crippen molar-refractivity contribution < 1.29 is 23.8 Å². The molecular formula is C17H21FN2O4. The van der Waals surface area contributed by atoms with E-state index in [0.29, 0.717) is 12.8 Å². The maximum absolute atomic E-state index is 13.5. The lowest BCUT2D eigenvalue weighted by Gasteiger charge is -2.30. The van der Waals surface area contributed by atoms with Crippen molar-refractivity contribution in [1.29, 1.82) is 0 Å². The van der Waals surface area contributed by atoms with Gasteiger partial charge in [0, 0.05) is 0 Å². The molecule has 7 heteroatoms. The fourth-order valence-corrected chi connectivity index (χ4v) is 3.35. The molecule has 1 spiro atoms. The van der Waals surface area contributed by atoms with Gasteiger partial charge in [0.05, 0.1) is 6.54 Å². The van der Waals surface area contributed by atoms with Gasteiger partial charge in [-0.1, -0.05) is 31.4 Å². The number of carbonyl (C=O) groups is 2. The summed E-state index contributed by atoms with van der Waals surface area (Å²) in [5.41, 5.74) is -0.804. The summed E-state index contributed by atoms with van der Waals surface area (Å²) >= 11 is 0. The van der Waals surface area contributed by atoms with Crippen LogP contribution in [0.1, 0.15) is 32.1 Å². The van der Waals surface area contributed by atoms with E-state index in [2.05, 4.69) is 5.32 Å². The van der Waals surface area contributed by atoms with Crippen LogP contribution in [0.25, 0.3) is 0 Å². The van der Waals surface area contributed by atoms with Crippen molar-refractivity contribution in [2.24, 2.45) is 0 Å². The standard InChI is InChI=1S/C17H21FN2O4/c18-13-6-2-3-7-14(13)24-11-12(21)10-20-15(22)17(19-16(20)23)8-4-1-5-9-17/h2-3,6-7,12,21H,1,4-5,8-11H2,(H,19,23)/t12-/m0/s1. The van der Waals surface area contributed by atoms with Crippen LogP contribution in [0.3, 0.4) is 0 Å². The van der Waals surface area contributed by atoms with Crippen molar-refractivity contribution in [3.8, 4) is 5.75 Å². The molecule has 1 aromatic carbocycles. The van der Waals surface area contributed by atoms with Gasteiger partial charge < -0.3 is 15.2 Å². The number of rotatable bonds is 5. The number of aliphatic hydroxyl groups excluding tert-OH is 1. The van der Waals surface area contributed by atoms with Crippen LogP contribution in [0.2, 0.25) is 0 Å². The first-order valence-electron chi connectivity index (χ1n) is 8.21. The molecule has 1 saturated carbocycles. The number of nitrogens with zero attached hydrogens (tertiary/aromatic N) is 1. The number of carbonyl (C=O) groups excluding carboxylic acids is 2. The van der Waals surface area contributed by atoms with Gasteiger partial charge in [-0.3, -0.25) is 9.69 Å². The van der Waals surface area contributed by atoms with E-state index in [-0.39, 0.29) is 24.8 Å². The molecule has 1 heterocycles. The Bertz CT molecular complexity index is 631. The number of aliphatic hydroxyl groups is 1. The highest BCUT2D eigenvalue weighted by Crippen LogP contribution is 2.33. The molecule has 1 aliphatic carbocycles. The van der Waals surface area contributed by atoms with Gasteiger partial charge in [0.25, 0.3) is 5.91 Å². The van der Waals surface area contributed by atoms with E-state index >= 15 is 0 Å². The average molecular weight is 336 g/mol. The molecular weight excluding hydrogens is 315 g/mol. The van der Waals surface area contributed by atoms with Crippen molar-refractivity contribution >= 4 is 11.9 Å². The maximum atomic E-state index is 13.5. The minimum atomic E-state index is -1.09. The Morgan fingerprint density at radius 3 is 2.67 bits per heavy atom. The number of hydrogen-bond acceptors (Lipinski definition) is 4. The summed E-state index contributed by atoms with van der Waals surface area (Å²) in [4.78, 5) is 25.7. The fraction of sp³-hybridized carbons (Fsp3) is 0.529. The van der Waals surface area contributed by atoms with Crippen molar-refractivity contribution in [3.05, 3.63) is 30.1 Å². The molecule has 3 rings (SSSR count). The van der Waals surface area contributed by atoms with Crippen molar-refractivity contribution in [1.82, 2.24) is 10.2 Å². The molecule has 2 aliphatic rings. The zero-order valence-corrected chi connectivity index (χ0v) is 13.3. The third-order valence-corrected chi connectivity index (χ3v) is 4.61. The molecule has 1 saturated heterocycles. The van der Waals surface area contributed by atoms with Crippen LogP contribution in [0.4, 0.5) is 9.18 Å². The van der Waals surface area contributed by atoms with Gasteiger partial charge >= 0.3 is 6.03 Å². The monoisotopic (exact) mass is 336 g/mol. The highest BCUT2D eigenvalue weighted by Gasteiger charge is 2.51. The quantitative estimate of drug-likeness (QED) is 0.804. The summed E-state index contributed by atoms with van der Waals surface area (Å²) in [5.74, 6) is -0.782. The van der Waals surface area contributed by atoms with Crippen LogP contribution >= 0.6 is 0 Å². The second kappa shape index (κ2) is 6.76. The molecule has 3 amide bonds. The fourth-order valence-electron chi connectivity index (χ4n) is 3.35. The first-order valence-corrected chi connectivity index (χ1v) is 8.21. The third-order valence-electron chi connectivity index (χ3n) is 4.61. The lowest BCUT2D eigenvalue weighted by molar-refractivity contribution is -0.133. The van der Waals surface area contributed by atoms with Crippen LogP contribution < -0.4 is 10.1 Å². The summed E-state index contributed by atoms with van der Waals surface area (Å²) in [5, 5.41) is 12.8. The SMILES string of the molecule is O=C1NC2(CCCCC2)C(=O)N1C[C@H](O)COc1ccccc1F. The molecule has 1 aliphatic heterocycles. The van der Waals surface area contributed by atoms with Crippen molar-refractivity contribution in [2.75, 3.05) is 13.2 Å². The first kappa shape index (κ1) is 16.7. The number of β-amino-alcohol motifs (C(OH)–C–C–N with tert-alkyl or cyclic N) is 1. The molecule has 130 valence electrons. The van der Waals surface area contributed by atoms with Gasteiger partial charge in [0.15, 0.2) is 11.6 Å². The van der Waals surface area contributed by atoms with Crippen molar-refractivity contribution in [3.63, 3.8) is 0 Å². The Labute approximate surface area is 139 Å². The third kappa shape index (κ3) is 3.21. The van der Waals surface area contributed by atoms with Crippen LogP contribution in [0.15, 0.2) is 24.3 Å². The lowest BCUT2D eigenvalue weighted by atomic mass is 9.82. The van der Waals surface area contributed by atoms with Crippen molar-refractivity contribution in [2.45, 2.75) is 43.7 Å². The number of ether oxygens (including phenoxy) is 1. The summed E-state index contributed by atoms with van der Waals surface area (Å²) in [6.45, 7) is -0.369. The number of para-hydroxylation sites is 1. The number of halogens is 1. The Morgan fingerprint density at radius 2 is 1.96 bits per heavy atom. The molecule has 0 radical (unpaired) electrons. The van der Waals surface area contributed by atoms with Crippen LogP contribution in [-0.4, -0.2) is 46.7 Å². The zero-order valence-electron chi connectivity index (χ0n) is 13.3. The Kier molecular flexibility index (Phi) is 4.71. The molecule has 6 nitrogen and oxygen atoms in total. The van der Waals surface area contributed by atoms with Crippen LogP contribution in [0.5, 0.6) is 5.75 Å². The molecule has 0 unspecified atom stereocenters. The Hall–Kier alpha value is -2.15. The van der Waals surface area contributed by atoms with E-state index in [0.717, 1.165) is 24.2 Å². The Balaban J connectivity index is 1.58. The zero-order chi connectivity index (χ0) is 17.2. The number of hydrogen-bond donors (Lipinski definition) is 2. The smallest absolute Gasteiger partial charge is 0.325 e. The minimum absolute atomic E-state index is 0.0255. The van der Waals surface area contributed by atoms with Gasteiger partial charge in [0.1, 0.15) is 18.2 Å². The van der Waals surface area contributed by atoms with E-state index in [9.17, 15) is 19.1 Å². The lowest BCUT2D eigenvalue weighted by Crippen LogP contribution is -2.48. The summed E-state index contributed by atoms with van der Waals surface area (Å²) in [6, 6.07) is 5.38. The molecule has 24 heavy (non-hydrogen) atoms. The molecule has 0 bridgehead atoms. The van der Waals surface area contributed by atoms with E-state index in [1.165, 1.54) is 18.2 Å². The molecule has 2 fully saturated rings. The number of amides is 3. The second-order valence-electron chi connectivity index (χ2n) is 6.38. The predicted octanol–water partition coefficient (Wildman–Crippen LogP) is 1.82.